The van der Waals surface area contributed by atoms with Gasteiger partial charge in [0.2, 0.25) is 5.91 Å². The number of ether oxygens (including phenoxy) is 1. The first-order chi connectivity index (χ1) is 8.78. The van der Waals surface area contributed by atoms with E-state index in [0.29, 0.717) is 19.1 Å². The van der Waals surface area contributed by atoms with Crippen molar-refractivity contribution in [3.05, 3.63) is 0 Å². The van der Waals surface area contributed by atoms with Crippen LogP contribution in [0.3, 0.4) is 0 Å². The molecular weight excluding hydrogens is 244 g/mol. The highest BCUT2D eigenvalue weighted by molar-refractivity contribution is 5.81. The molecule has 1 aliphatic rings. The molecule has 0 radical (unpaired) electrons. The highest BCUT2D eigenvalue weighted by atomic mass is 16.5. The third kappa shape index (κ3) is 8.18. The van der Waals surface area contributed by atoms with Crippen molar-refractivity contribution in [3.8, 4) is 0 Å². The monoisotopic (exact) mass is 272 g/mol. The maximum Gasteiger partial charge on any atom is 0.237 e. The number of hydrogen-bond donors (Lipinski definition) is 3. The Morgan fingerprint density at radius 2 is 2.05 bits per heavy atom. The van der Waals surface area contributed by atoms with E-state index in [1.807, 2.05) is 20.8 Å². The van der Waals surface area contributed by atoms with Gasteiger partial charge in [0.25, 0.3) is 0 Å². The Balaban J connectivity index is 2.09. The van der Waals surface area contributed by atoms with Crippen molar-refractivity contribution in [1.82, 2.24) is 10.6 Å². The highest BCUT2D eigenvalue weighted by Crippen LogP contribution is 2.28. The van der Waals surface area contributed by atoms with Crippen molar-refractivity contribution in [3.63, 3.8) is 0 Å². The average molecular weight is 272 g/mol. The smallest absolute Gasteiger partial charge is 0.237 e. The SMILES string of the molecule is CC(NCC(O)COCC1CC1)C(=O)NC(C)(C)C. The van der Waals surface area contributed by atoms with Crippen LogP contribution in [0.15, 0.2) is 0 Å². The molecule has 112 valence electrons. The summed E-state index contributed by atoms with van der Waals surface area (Å²) in [7, 11) is 0. The van der Waals surface area contributed by atoms with E-state index in [2.05, 4.69) is 10.6 Å². The Morgan fingerprint density at radius 3 is 2.58 bits per heavy atom. The number of carbonyl (C=O) groups excluding carboxylic acids is 1. The summed E-state index contributed by atoms with van der Waals surface area (Å²) in [6.07, 6.45) is 1.93. The quantitative estimate of drug-likeness (QED) is 0.607. The summed E-state index contributed by atoms with van der Waals surface area (Å²) < 4.78 is 5.40. The molecule has 1 aliphatic carbocycles. The largest absolute Gasteiger partial charge is 0.389 e. The van der Waals surface area contributed by atoms with Crippen LogP contribution in [0.5, 0.6) is 0 Å². The molecule has 0 saturated heterocycles. The fourth-order valence-corrected chi connectivity index (χ4v) is 1.60. The van der Waals surface area contributed by atoms with Gasteiger partial charge in [0.15, 0.2) is 0 Å². The second kappa shape index (κ2) is 7.22. The van der Waals surface area contributed by atoms with Crippen LogP contribution in [-0.2, 0) is 9.53 Å². The first kappa shape index (κ1) is 16.4. The van der Waals surface area contributed by atoms with Gasteiger partial charge in [-0.3, -0.25) is 4.79 Å². The number of nitrogens with one attached hydrogen (secondary N) is 2. The molecule has 0 spiro atoms. The molecule has 0 bridgehead atoms. The highest BCUT2D eigenvalue weighted by Gasteiger charge is 2.22. The molecule has 1 saturated carbocycles. The summed E-state index contributed by atoms with van der Waals surface area (Å²) in [4.78, 5) is 11.8. The second-order valence-corrected chi connectivity index (χ2v) is 6.50. The lowest BCUT2D eigenvalue weighted by molar-refractivity contribution is -0.124. The van der Waals surface area contributed by atoms with E-state index in [1.165, 1.54) is 12.8 Å². The van der Waals surface area contributed by atoms with Crippen LogP contribution in [0.2, 0.25) is 0 Å². The van der Waals surface area contributed by atoms with Gasteiger partial charge in [0, 0.05) is 18.7 Å². The summed E-state index contributed by atoms with van der Waals surface area (Å²) in [5.41, 5.74) is -0.237. The molecule has 2 unspecified atom stereocenters. The lowest BCUT2D eigenvalue weighted by Gasteiger charge is -2.24. The van der Waals surface area contributed by atoms with Crippen LogP contribution in [-0.4, -0.2) is 48.5 Å². The summed E-state index contributed by atoms with van der Waals surface area (Å²) in [6, 6.07) is -0.322. The summed E-state index contributed by atoms with van der Waals surface area (Å²) in [5, 5.41) is 15.6. The standard InChI is InChI=1S/C14H28N2O3/c1-10(13(18)16-14(2,3)4)15-7-12(17)9-19-8-11-5-6-11/h10-12,15,17H,5-9H2,1-4H3,(H,16,18). The van der Waals surface area contributed by atoms with Gasteiger partial charge >= 0.3 is 0 Å². The Kier molecular flexibility index (Phi) is 6.23. The fraction of sp³-hybridized carbons (Fsp3) is 0.929. The lowest BCUT2D eigenvalue weighted by Crippen LogP contribution is -2.51. The number of aliphatic hydroxyl groups is 1. The maximum atomic E-state index is 11.8. The van der Waals surface area contributed by atoms with Crippen LogP contribution in [0.1, 0.15) is 40.5 Å². The Labute approximate surface area is 116 Å². The van der Waals surface area contributed by atoms with Gasteiger partial charge in [-0.2, -0.15) is 0 Å². The normalized spacial score (nSPS) is 19.0. The molecule has 5 nitrogen and oxygen atoms in total. The second-order valence-electron chi connectivity index (χ2n) is 6.50. The molecule has 2 atom stereocenters. The molecule has 19 heavy (non-hydrogen) atoms. The third-order valence-electron chi connectivity index (χ3n) is 2.91. The molecule has 1 fully saturated rings. The van der Waals surface area contributed by atoms with Gasteiger partial charge in [-0.15, -0.1) is 0 Å². The van der Waals surface area contributed by atoms with Crippen LogP contribution >= 0.6 is 0 Å². The van der Waals surface area contributed by atoms with E-state index in [0.717, 1.165) is 6.61 Å². The van der Waals surface area contributed by atoms with Crippen molar-refractivity contribution in [2.24, 2.45) is 5.92 Å². The zero-order valence-corrected chi connectivity index (χ0v) is 12.5. The molecular formula is C14H28N2O3. The predicted octanol–water partition coefficient (Wildman–Crippen LogP) is 0.667. The van der Waals surface area contributed by atoms with Crippen LogP contribution in [0.25, 0.3) is 0 Å². The van der Waals surface area contributed by atoms with Gasteiger partial charge < -0.3 is 20.5 Å². The minimum atomic E-state index is -0.566. The van der Waals surface area contributed by atoms with Crippen LogP contribution in [0.4, 0.5) is 0 Å². The molecule has 0 aromatic carbocycles. The molecule has 1 rings (SSSR count). The lowest BCUT2D eigenvalue weighted by atomic mass is 10.1. The van der Waals surface area contributed by atoms with Gasteiger partial charge in [0.1, 0.15) is 0 Å². The molecule has 0 aromatic heterocycles. The van der Waals surface area contributed by atoms with Gasteiger partial charge in [-0.05, 0) is 46.5 Å². The number of rotatable bonds is 8. The topological polar surface area (TPSA) is 70.6 Å². The molecule has 0 aliphatic heterocycles. The summed E-state index contributed by atoms with van der Waals surface area (Å²) in [6.45, 7) is 9.06. The first-order valence-corrected chi connectivity index (χ1v) is 7.09. The minimum Gasteiger partial charge on any atom is -0.389 e. The third-order valence-corrected chi connectivity index (χ3v) is 2.91. The van der Waals surface area contributed by atoms with E-state index in [-0.39, 0.29) is 17.5 Å². The van der Waals surface area contributed by atoms with E-state index in [9.17, 15) is 9.90 Å². The maximum absolute atomic E-state index is 11.8. The minimum absolute atomic E-state index is 0.0569. The van der Waals surface area contributed by atoms with Crippen molar-refractivity contribution >= 4 is 5.91 Å². The average Bonchev–Trinajstić information content (AvgIpc) is 3.07. The summed E-state index contributed by atoms with van der Waals surface area (Å²) in [5.74, 6) is 0.648. The zero-order valence-electron chi connectivity index (χ0n) is 12.5. The molecule has 3 N–H and O–H groups in total. The summed E-state index contributed by atoms with van der Waals surface area (Å²) >= 11 is 0. The molecule has 0 heterocycles. The fourth-order valence-electron chi connectivity index (χ4n) is 1.60. The first-order valence-electron chi connectivity index (χ1n) is 7.09. The molecule has 1 amide bonds. The zero-order chi connectivity index (χ0) is 14.5. The van der Waals surface area contributed by atoms with Crippen molar-refractivity contribution in [1.29, 1.82) is 0 Å². The number of aliphatic hydroxyl groups excluding tert-OH is 1. The van der Waals surface area contributed by atoms with Gasteiger partial charge in [0.05, 0.1) is 18.8 Å². The number of amides is 1. The Morgan fingerprint density at radius 1 is 1.42 bits per heavy atom. The molecule has 5 heteroatoms. The van der Waals surface area contributed by atoms with Crippen molar-refractivity contribution < 1.29 is 14.6 Å². The number of carbonyl (C=O) groups is 1. The van der Waals surface area contributed by atoms with E-state index in [1.54, 1.807) is 6.92 Å². The van der Waals surface area contributed by atoms with Crippen molar-refractivity contribution in [2.75, 3.05) is 19.8 Å². The predicted molar refractivity (Wildman–Crippen MR) is 74.9 cm³/mol. The molecule has 0 aromatic rings. The Hall–Kier alpha value is -0.650. The van der Waals surface area contributed by atoms with Gasteiger partial charge in [-0.1, -0.05) is 0 Å². The van der Waals surface area contributed by atoms with Gasteiger partial charge in [-0.25, -0.2) is 0 Å². The number of hydrogen-bond acceptors (Lipinski definition) is 4. The van der Waals surface area contributed by atoms with E-state index >= 15 is 0 Å². The van der Waals surface area contributed by atoms with Crippen molar-refractivity contribution in [2.45, 2.75) is 58.2 Å². The van der Waals surface area contributed by atoms with E-state index < -0.39 is 6.10 Å². The van der Waals surface area contributed by atoms with Crippen LogP contribution in [0, 0.1) is 5.92 Å². The van der Waals surface area contributed by atoms with E-state index in [4.69, 9.17) is 4.74 Å². The van der Waals surface area contributed by atoms with Crippen LogP contribution < -0.4 is 10.6 Å². The Bertz CT molecular complexity index is 285.